The molecule has 0 fully saturated rings. The molecule has 0 aliphatic rings. The molecule has 1 aromatic rings. The first-order valence-electron chi connectivity index (χ1n) is 6.04. The summed E-state index contributed by atoms with van der Waals surface area (Å²) in [6.07, 6.45) is 0.409. The summed E-state index contributed by atoms with van der Waals surface area (Å²) < 4.78 is 5.00. The minimum Gasteiger partial charge on any atom is -0.480 e. The zero-order chi connectivity index (χ0) is 14.4. The van der Waals surface area contributed by atoms with Crippen molar-refractivity contribution in [3.8, 4) is 0 Å². The lowest BCUT2D eigenvalue weighted by molar-refractivity contribution is -0.139. The van der Waals surface area contributed by atoms with Gasteiger partial charge in [-0.05, 0) is 23.8 Å². The number of carboxylic acids is 1. The number of methoxy groups -OCH3 is 1. The summed E-state index contributed by atoms with van der Waals surface area (Å²) >= 11 is 1.29. The number of hydrogen-bond acceptors (Lipinski definition) is 4. The number of carbonyl (C=O) groups is 2. The molecule has 0 bridgehead atoms. The number of amides is 1. The van der Waals surface area contributed by atoms with Crippen LogP contribution in [0.15, 0.2) is 11.4 Å². The van der Waals surface area contributed by atoms with E-state index in [1.54, 1.807) is 18.6 Å². The molecule has 5 nitrogen and oxygen atoms in total. The van der Waals surface area contributed by atoms with Crippen molar-refractivity contribution in [3.63, 3.8) is 0 Å². The summed E-state index contributed by atoms with van der Waals surface area (Å²) in [5, 5.41) is 13.5. The molecule has 2 N–H and O–H groups in total. The molecule has 0 saturated heterocycles. The first kappa shape index (κ1) is 15.7. The fourth-order valence-corrected chi connectivity index (χ4v) is 2.53. The minimum atomic E-state index is -1.01. The molecular formula is C13H19NO4S. The minimum absolute atomic E-state index is 0.197. The van der Waals surface area contributed by atoms with E-state index in [0.29, 0.717) is 17.9 Å². The van der Waals surface area contributed by atoms with Gasteiger partial charge in [0.15, 0.2) is 0 Å². The Bertz CT molecular complexity index is 442. The second kappa shape index (κ2) is 7.25. The van der Waals surface area contributed by atoms with E-state index in [1.807, 2.05) is 13.8 Å². The van der Waals surface area contributed by atoms with Crippen LogP contribution in [0.1, 0.15) is 35.5 Å². The van der Waals surface area contributed by atoms with Gasteiger partial charge >= 0.3 is 5.97 Å². The van der Waals surface area contributed by atoms with Crippen LogP contribution in [0.5, 0.6) is 0 Å². The second-order valence-electron chi connectivity index (χ2n) is 4.70. The number of carboxylic acid groups (broad SMARTS) is 1. The van der Waals surface area contributed by atoms with Gasteiger partial charge in [-0.15, -0.1) is 11.3 Å². The normalized spacial score (nSPS) is 12.4. The zero-order valence-electron chi connectivity index (χ0n) is 11.3. The van der Waals surface area contributed by atoms with Gasteiger partial charge in [-0.25, -0.2) is 4.79 Å². The number of hydrogen-bond donors (Lipinski definition) is 2. The van der Waals surface area contributed by atoms with Crippen LogP contribution in [0.2, 0.25) is 0 Å². The Hall–Kier alpha value is -1.40. The lowest BCUT2D eigenvalue weighted by Crippen LogP contribution is -2.41. The van der Waals surface area contributed by atoms with Crippen LogP contribution >= 0.6 is 11.3 Å². The van der Waals surface area contributed by atoms with E-state index in [0.717, 1.165) is 5.56 Å². The van der Waals surface area contributed by atoms with Crippen molar-refractivity contribution in [3.05, 3.63) is 21.9 Å². The Labute approximate surface area is 116 Å². The highest BCUT2D eigenvalue weighted by molar-refractivity contribution is 7.12. The van der Waals surface area contributed by atoms with Crippen molar-refractivity contribution >= 4 is 23.2 Å². The molecule has 1 amide bonds. The molecule has 0 aliphatic carbocycles. The van der Waals surface area contributed by atoms with Gasteiger partial charge in [-0.3, -0.25) is 4.79 Å². The summed E-state index contributed by atoms with van der Waals surface area (Å²) in [5.41, 5.74) is 0.777. The highest BCUT2D eigenvalue weighted by atomic mass is 32.1. The van der Waals surface area contributed by atoms with Gasteiger partial charge in [0.1, 0.15) is 6.04 Å². The van der Waals surface area contributed by atoms with Gasteiger partial charge in [-0.2, -0.15) is 0 Å². The van der Waals surface area contributed by atoms with Crippen molar-refractivity contribution in [2.45, 2.75) is 32.9 Å². The smallest absolute Gasteiger partial charge is 0.326 e. The third-order valence-electron chi connectivity index (χ3n) is 2.56. The second-order valence-corrected chi connectivity index (χ2v) is 5.62. The van der Waals surface area contributed by atoms with Gasteiger partial charge in [0.25, 0.3) is 5.91 Å². The Morgan fingerprint density at radius 2 is 2.16 bits per heavy atom. The molecule has 0 aliphatic heterocycles. The van der Waals surface area contributed by atoms with Crippen molar-refractivity contribution in [1.29, 1.82) is 0 Å². The molecular weight excluding hydrogens is 266 g/mol. The van der Waals surface area contributed by atoms with Crippen LogP contribution in [0, 0.1) is 5.92 Å². The third kappa shape index (κ3) is 4.65. The van der Waals surface area contributed by atoms with E-state index < -0.39 is 12.0 Å². The van der Waals surface area contributed by atoms with Crippen LogP contribution in [-0.4, -0.2) is 30.1 Å². The molecule has 1 atom stereocenters. The van der Waals surface area contributed by atoms with Gasteiger partial charge in [0.05, 0.1) is 11.5 Å². The predicted molar refractivity (Wildman–Crippen MR) is 73.4 cm³/mol. The molecule has 0 saturated carbocycles. The van der Waals surface area contributed by atoms with Crippen molar-refractivity contribution < 1.29 is 19.4 Å². The number of thiophene rings is 1. The van der Waals surface area contributed by atoms with Crippen molar-refractivity contribution in [2.24, 2.45) is 5.92 Å². The maximum atomic E-state index is 12.1. The first-order valence-corrected chi connectivity index (χ1v) is 6.92. The van der Waals surface area contributed by atoms with E-state index in [2.05, 4.69) is 5.32 Å². The number of ether oxygens (including phenoxy) is 1. The standard InChI is InChI=1S/C13H19NO4S/c1-8(2)6-10(13(16)17)14-12(15)11-9(7-18-3)4-5-19-11/h4-5,8,10H,6-7H2,1-3H3,(H,14,15)(H,16,17)/t10-/m1/s1. The number of nitrogens with one attached hydrogen (secondary N) is 1. The van der Waals surface area contributed by atoms with Crippen molar-refractivity contribution in [2.75, 3.05) is 7.11 Å². The zero-order valence-corrected chi connectivity index (χ0v) is 12.1. The molecule has 1 heterocycles. The van der Waals surface area contributed by atoms with E-state index in [1.165, 1.54) is 11.3 Å². The maximum Gasteiger partial charge on any atom is 0.326 e. The van der Waals surface area contributed by atoms with Crippen LogP contribution in [0.25, 0.3) is 0 Å². The average molecular weight is 285 g/mol. The fourth-order valence-electron chi connectivity index (χ4n) is 1.72. The monoisotopic (exact) mass is 285 g/mol. The highest BCUT2D eigenvalue weighted by Crippen LogP contribution is 2.18. The van der Waals surface area contributed by atoms with Gasteiger partial charge in [0, 0.05) is 12.7 Å². The van der Waals surface area contributed by atoms with Gasteiger partial charge in [-0.1, -0.05) is 13.8 Å². The molecule has 0 unspecified atom stereocenters. The third-order valence-corrected chi connectivity index (χ3v) is 3.52. The Balaban J connectivity index is 2.76. The van der Waals surface area contributed by atoms with Gasteiger partial charge < -0.3 is 15.2 Å². The summed E-state index contributed by atoms with van der Waals surface area (Å²) in [7, 11) is 1.55. The molecule has 0 radical (unpaired) electrons. The molecule has 1 rings (SSSR count). The van der Waals surface area contributed by atoms with Gasteiger partial charge in [0.2, 0.25) is 0 Å². The number of carbonyl (C=O) groups excluding carboxylic acids is 1. The van der Waals surface area contributed by atoms with Crippen LogP contribution < -0.4 is 5.32 Å². The fraction of sp³-hybridized carbons (Fsp3) is 0.538. The first-order chi connectivity index (χ1) is 8.95. The van der Waals surface area contributed by atoms with Crippen LogP contribution in [-0.2, 0) is 16.1 Å². The topological polar surface area (TPSA) is 75.6 Å². The molecule has 0 spiro atoms. The summed E-state index contributed by atoms with van der Waals surface area (Å²) in [5.74, 6) is -1.16. The summed E-state index contributed by atoms with van der Waals surface area (Å²) in [6, 6.07) is 0.950. The Morgan fingerprint density at radius 3 is 2.68 bits per heavy atom. The molecule has 6 heteroatoms. The van der Waals surface area contributed by atoms with Crippen LogP contribution in [0.4, 0.5) is 0 Å². The lowest BCUT2D eigenvalue weighted by Gasteiger charge is -2.16. The summed E-state index contributed by atoms with van der Waals surface area (Å²) in [6.45, 7) is 4.18. The molecule has 0 aromatic carbocycles. The lowest BCUT2D eigenvalue weighted by atomic mass is 10.0. The van der Waals surface area contributed by atoms with E-state index >= 15 is 0 Å². The molecule has 106 valence electrons. The van der Waals surface area contributed by atoms with Crippen molar-refractivity contribution in [1.82, 2.24) is 5.32 Å². The van der Waals surface area contributed by atoms with E-state index in [-0.39, 0.29) is 11.8 Å². The maximum absolute atomic E-state index is 12.1. The Kier molecular flexibility index (Phi) is 5.98. The SMILES string of the molecule is COCc1ccsc1C(=O)N[C@H](CC(C)C)C(=O)O. The van der Waals surface area contributed by atoms with E-state index in [4.69, 9.17) is 9.84 Å². The Morgan fingerprint density at radius 1 is 1.47 bits per heavy atom. The largest absolute Gasteiger partial charge is 0.480 e. The number of aliphatic carboxylic acids is 1. The van der Waals surface area contributed by atoms with E-state index in [9.17, 15) is 9.59 Å². The number of rotatable bonds is 7. The highest BCUT2D eigenvalue weighted by Gasteiger charge is 2.23. The predicted octanol–water partition coefficient (Wildman–Crippen LogP) is 2.12. The molecule has 19 heavy (non-hydrogen) atoms. The average Bonchev–Trinajstić information content (AvgIpc) is 2.76. The summed E-state index contributed by atoms with van der Waals surface area (Å²) in [4.78, 5) is 23.7. The molecule has 1 aromatic heterocycles. The quantitative estimate of drug-likeness (QED) is 0.804. The van der Waals surface area contributed by atoms with Crippen LogP contribution in [0.3, 0.4) is 0 Å².